The molecule has 1 atom stereocenters. The van der Waals surface area contributed by atoms with Gasteiger partial charge in [-0.3, -0.25) is 4.98 Å². The van der Waals surface area contributed by atoms with Crippen molar-refractivity contribution in [3.8, 4) is 5.75 Å². The van der Waals surface area contributed by atoms with E-state index in [1.54, 1.807) is 37.4 Å². The molecule has 3 N–H and O–H groups in total. The summed E-state index contributed by atoms with van der Waals surface area (Å²) >= 11 is 0. The van der Waals surface area contributed by atoms with Crippen molar-refractivity contribution in [1.82, 2.24) is 9.71 Å². The third-order valence-electron chi connectivity index (χ3n) is 2.97. The van der Waals surface area contributed by atoms with Crippen molar-refractivity contribution in [3.63, 3.8) is 0 Å². The predicted octanol–water partition coefficient (Wildman–Crippen LogP) is 1.71. The third-order valence-corrected chi connectivity index (χ3v) is 4.58. The van der Waals surface area contributed by atoms with Gasteiger partial charge in [-0.1, -0.05) is 6.07 Å². The molecule has 0 amide bonds. The second kappa shape index (κ2) is 6.11. The summed E-state index contributed by atoms with van der Waals surface area (Å²) < 4.78 is 32.3. The molecule has 0 spiro atoms. The Morgan fingerprint density at radius 1 is 1.29 bits per heavy atom. The van der Waals surface area contributed by atoms with Crippen molar-refractivity contribution in [1.29, 1.82) is 0 Å². The second-order valence-corrected chi connectivity index (χ2v) is 6.18. The van der Waals surface area contributed by atoms with Gasteiger partial charge in [-0.15, -0.1) is 0 Å². The summed E-state index contributed by atoms with van der Waals surface area (Å²) in [5, 5.41) is 0. The molecule has 2 aromatic rings. The molecule has 0 aliphatic heterocycles. The Hall–Kier alpha value is -2.12. The smallest absolute Gasteiger partial charge is 0.243 e. The van der Waals surface area contributed by atoms with Crippen molar-refractivity contribution in [2.45, 2.75) is 17.9 Å². The summed E-state index contributed by atoms with van der Waals surface area (Å²) in [7, 11) is -2.24. The molecule has 1 heterocycles. The first-order chi connectivity index (χ1) is 9.94. The number of hydrogen-bond donors (Lipinski definition) is 2. The van der Waals surface area contributed by atoms with Gasteiger partial charge in [-0.05, 0) is 31.2 Å². The highest BCUT2D eigenvalue weighted by atomic mass is 32.2. The molecule has 0 fully saturated rings. The molecule has 112 valence electrons. The monoisotopic (exact) mass is 307 g/mol. The highest BCUT2D eigenvalue weighted by Gasteiger charge is 2.21. The van der Waals surface area contributed by atoms with Crippen molar-refractivity contribution < 1.29 is 13.2 Å². The van der Waals surface area contributed by atoms with E-state index in [1.807, 2.05) is 0 Å². The van der Waals surface area contributed by atoms with E-state index in [1.165, 1.54) is 19.2 Å². The molecule has 2 rings (SSSR count). The molecule has 0 saturated heterocycles. The van der Waals surface area contributed by atoms with Crippen LogP contribution in [0.15, 0.2) is 47.5 Å². The quantitative estimate of drug-likeness (QED) is 0.820. The fraction of sp³-hybridized carbons (Fsp3) is 0.214. The number of anilines is 1. The lowest BCUT2D eigenvalue weighted by Gasteiger charge is -2.15. The Labute approximate surface area is 124 Å². The first-order valence-corrected chi connectivity index (χ1v) is 7.79. The van der Waals surface area contributed by atoms with Crippen LogP contribution in [-0.4, -0.2) is 20.5 Å². The number of ether oxygens (including phenoxy) is 1. The Balaban J connectivity index is 2.26. The molecule has 1 aromatic heterocycles. The summed E-state index contributed by atoms with van der Waals surface area (Å²) in [6.07, 6.45) is 1.61. The predicted molar refractivity (Wildman–Crippen MR) is 80.4 cm³/mol. The topological polar surface area (TPSA) is 94.3 Å². The Morgan fingerprint density at radius 3 is 2.62 bits per heavy atom. The zero-order valence-corrected chi connectivity index (χ0v) is 12.6. The Bertz CT molecular complexity index is 717. The first-order valence-electron chi connectivity index (χ1n) is 6.31. The van der Waals surface area contributed by atoms with Crippen LogP contribution in [-0.2, 0) is 10.0 Å². The molecule has 0 radical (unpaired) electrons. The number of nitrogens with two attached hydrogens (primary N) is 1. The molecule has 0 bridgehead atoms. The SMILES string of the molecule is COc1ccc(S(=O)(=O)NC(C)c2ccccn2)c(N)c1. The van der Waals surface area contributed by atoms with Crippen molar-refractivity contribution in [2.24, 2.45) is 0 Å². The van der Waals surface area contributed by atoms with Crippen molar-refractivity contribution in [3.05, 3.63) is 48.3 Å². The van der Waals surface area contributed by atoms with Gasteiger partial charge < -0.3 is 10.5 Å². The molecule has 0 aliphatic carbocycles. The van der Waals surface area contributed by atoms with E-state index in [0.717, 1.165) is 0 Å². The highest BCUT2D eigenvalue weighted by Crippen LogP contribution is 2.25. The van der Waals surface area contributed by atoms with Crippen LogP contribution >= 0.6 is 0 Å². The number of sulfonamides is 1. The lowest BCUT2D eigenvalue weighted by atomic mass is 10.2. The lowest BCUT2D eigenvalue weighted by molar-refractivity contribution is 0.414. The summed E-state index contributed by atoms with van der Waals surface area (Å²) in [6, 6.07) is 9.31. The van der Waals surface area contributed by atoms with Gasteiger partial charge in [-0.2, -0.15) is 0 Å². The zero-order valence-electron chi connectivity index (χ0n) is 11.8. The van der Waals surface area contributed by atoms with Gasteiger partial charge in [-0.25, -0.2) is 13.1 Å². The maximum atomic E-state index is 12.4. The Morgan fingerprint density at radius 2 is 2.05 bits per heavy atom. The fourth-order valence-electron chi connectivity index (χ4n) is 1.89. The summed E-state index contributed by atoms with van der Waals surface area (Å²) in [5.74, 6) is 0.504. The van der Waals surface area contributed by atoms with Crippen LogP contribution < -0.4 is 15.2 Å². The molecule has 21 heavy (non-hydrogen) atoms. The molecule has 0 saturated carbocycles. The maximum Gasteiger partial charge on any atom is 0.243 e. The molecule has 0 aliphatic rings. The van der Waals surface area contributed by atoms with Crippen molar-refractivity contribution in [2.75, 3.05) is 12.8 Å². The van der Waals surface area contributed by atoms with Gasteiger partial charge in [0.05, 0.1) is 24.5 Å². The molecule has 1 unspecified atom stereocenters. The van der Waals surface area contributed by atoms with Gasteiger partial charge in [0.15, 0.2) is 0 Å². The number of benzene rings is 1. The normalized spacial score (nSPS) is 12.9. The second-order valence-electron chi connectivity index (χ2n) is 4.50. The van der Waals surface area contributed by atoms with Gasteiger partial charge >= 0.3 is 0 Å². The summed E-state index contributed by atoms with van der Waals surface area (Å²) in [4.78, 5) is 4.15. The number of methoxy groups -OCH3 is 1. The average Bonchev–Trinajstić information content (AvgIpc) is 2.47. The van der Waals surface area contributed by atoms with E-state index >= 15 is 0 Å². The zero-order chi connectivity index (χ0) is 15.5. The van der Waals surface area contributed by atoms with Crippen LogP contribution in [0, 0.1) is 0 Å². The standard InChI is InChI=1S/C14H17N3O3S/c1-10(13-5-3-4-8-16-13)17-21(18,19)14-7-6-11(20-2)9-12(14)15/h3-10,17H,15H2,1-2H3. The van der Waals surface area contributed by atoms with Crippen LogP contribution in [0.1, 0.15) is 18.7 Å². The number of hydrogen-bond acceptors (Lipinski definition) is 5. The Kier molecular flexibility index (Phi) is 4.44. The number of rotatable bonds is 5. The summed E-state index contributed by atoms with van der Waals surface area (Å²) in [5.41, 5.74) is 6.55. The van der Waals surface area contributed by atoms with Gasteiger partial charge in [0.1, 0.15) is 10.6 Å². The molecule has 7 heteroatoms. The molecular weight excluding hydrogens is 290 g/mol. The number of nitrogen functional groups attached to an aromatic ring is 1. The van der Waals surface area contributed by atoms with Gasteiger partial charge in [0.2, 0.25) is 10.0 Å². The third kappa shape index (κ3) is 3.50. The highest BCUT2D eigenvalue weighted by molar-refractivity contribution is 7.89. The first kappa shape index (κ1) is 15.3. The van der Waals surface area contributed by atoms with Crippen LogP contribution in [0.4, 0.5) is 5.69 Å². The van der Waals surface area contributed by atoms with Crippen LogP contribution in [0.25, 0.3) is 0 Å². The summed E-state index contributed by atoms with van der Waals surface area (Å²) in [6.45, 7) is 1.72. The molecule has 6 nitrogen and oxygen atoms in total. The number of nitrogens with zero attached hydrogens (tertiary/aromatic N) is 1. The molecular formula is C14H17N3O3S. The van der Waals surface area contributed by atoms with E-state index in [2.05, 4.69) is 9.71 Å². The minimum atomic E-state index is -3.73. The van der Waals surface area contributed by atoms with Gasteiger partial charge in [0, 0.05) is 12.3 Å². The van der Waals surface area contributed by atoms with E-state index in [0.29, 0.717) is 11.4 Å². The van der Waals surface area contributed by atoms with E-state index in [4.69, 9.17) is 10.5 Å². The van der Waals surface area contributed by atoms with E-state index < -0.39 is 16.1 Å². The fourth-order valence-corrected chi connectivity index (χ4v) is 3.22. The van der Waals surface area contributed by atoms with Crippen LogP contribution in [0.3, 0.4) is 0 Å². The van der Waals surface area contributed by atoms with Crippen LogP contribution in [0.2, 0.25) is 0 Å². The minimum absolute atomic E-state index is 0.0195. The molecule has 1 aromatic carbocycles. The van der Waals surface area contributed by atoms with Crippen LogP contribution in [0.5, 0.6) is 5.75 Å². The van der Waals surface area contributed by atoms with E-state index in [9.17, 15) is 8.42 Å². The number of aromatic nitrogens is 1. The lowest BCUT2D eigenvalue weighted by Crippen LogP contribution is -2.28. The largest absolute Gasteiger partial charge is 0.497 e. The van der Waals surface area contributed by atoms with Gasteiger partial charge in [0.25, 0.3) is 0 Å². The minimum Gasteiger partial charge on any atom is -0.497 e. The van der Waals surface area contributed by atoms with E-state index in [-0.39, 0.29) is 10.6 Å². The maximum absolute atomic E-state index is 12.4. The number of nitrogens with one attached hydrogen (secondary N) is 1. The average molecular weight is 307 g/mol. The number of pyridine rings is 1. The van der Waals surface area contributed by atoms with Crippen molar-refractivity contribution >= 4 is 15.7 Å².